The second-order valence-corrected chi connectivity index (χ2v) is 8.67. The quantitative estimate of drug-likeness (QED) is 0.602. The largest absolute Gasteiger partial charge is 0.497 e. The van der Waals surface area contributed by atoms with Gasteiger partial charge in [0.1, 0.15) is 5.75 Å². The minimum atomic E-state index is -3.87. The molecule has 30 heavy (non-hydrogen) atoms. The van der Waals surface area contributed by atoms with E-state index in [0.717, 1.165) is 11.1 Å². The number of amides is 1. The molecule has 0 aliphatic heterocycles. The molecule has 0 aromatic heterocycles. The van der Waals surface area contributed by atoms with Crippen LogP contribution in [0, 0.1) is 20.8 Å². The number of aryl methyl sites for hydroxylation is 2. The van der Waals surface area contributed by atoms with Gasteiger partial charge in [0.15, 0.2) is 0 Å². The van der Waals surface area contributed by atoms with Crippen LogP contribution in [0.3, 0.4) is 0 Å². The van der Waals surface area contributed by atoms with Crippen molar-refractivity contribution in [3.05, 3.63) is 82.9 Å². The van der Waals surface area contributed by atoms with Crippen molar-refractivity contribution < 1.29 is 17.9 Å². The Labute approximate surface area is 177 Å². The molecule has 156 valence electrons. The molecule has 0 radical (unpaired) electrons. The molecular weight excluding hydrogens is 400 g/mol. The number of sulfonamides is 1. The fourth-order valence-corrected chi connectivity index (χ4v) is 4.36. The van der Waals surface area contributed by atoms with Crippen molar-refractivity contribution in [2.75, 3.05) is 17.1 Å². The lowest BCUT2D eigenvalue weighted by molar-refractivity contribution is 0.102. The van der Waals surface area contributed by atoms with E-state index in [-0.39, 0.29) is 10.5 Å². The summed E-state index contributed by atoms with van der Waals surface area (Å²) in [5, 5.41) is 2.76. The topological polar surface area (TPSA) is 84.5 Å². The predicted octanol–water partition coefficient (Wildman–Crippen LogP) is 4.67. The number of benzene rings is 3. The molecule has 0 bridgehead atoms. The van der Waals surface area contributed by atoms with Crippen LogP contribution in [0.15, 0.2) is 65.6 Å². The van der Waals surface area contributed by atoms with Gasteiger partial charge in [0.05, 0.1) is 17.7 Å². The number of carbonyl (C=O) groups excluding carboxylic acids is 1. The summed E-state index contributed by atoms with van der Waals surface area (Å²) in [4.78, 5) is 12.7. The summed E-state index contributed by atoms with van der Waals surface area (Å²) in [6.07, 6.45) is 0. The Hall–Kier alpha value is -3.32. The molecule has 0 atom stereocenters. The first-order valence-electron chi connectivity index (χ1n) is 9.36. The number of methoxy groups -OCH3 is 1. The van der Waals surface area contributed by atoms with Crippen LogP contribution in [0.25, 0.3) is 0 Å². The van der Waals surface area contributed by atoms with Gasteiger partial charge in [-0.1, -0.05) is 18.2 Å². The Balaban J connectivity index is 1.88. The summed E-state index contributed by atoms with van der Waals surface area (Å²) in [5.41, 5.74) is 3.74. The molecule has 3 aromatic rings. The van der Waals surface area contributed by atoms with E-state index in [1.54, 1.807) is 62.6 Å². The molecule has 0 spiro atoms. The SMILES string of the molecule is COc1ccc(NC(=O)c2ccc(C)c(S(=O)(=O)Nc3cccc(C)c3C)c2)cc1. The van der Waals surface area contributed by atoms with Crippen LogP contribution in [0.2, 0.25) is 0 Å². The number of hydrogen-bond acceptors (Lipinski definition) is 4. The maximum atomic E-state index is 13.0. The lowest BCUT2D eigenvalue weighted by Crippen LogP contribution is -2.17. The monoisotopic (exact) mass is 424 g/mol. The van der Waals surface area contributed by atoms with Gasteiger partial charge in [-0.05, 0) is 79.9 Å². The van der Waals surface area contributed by atoms with Gasteiger partial charge < -0.3 is 10.1 Å². The molecular formula is C23H24N2O4S. The minimum absolute atomic E-state index is 0.0609. The van der Waals surface area contributed by atoms with Gasteiger partial charge in [0, 0.05) is 11.3 Å². The molecule has 0 saturated carbocycles. The van der Waals surface area contributed by atoms with E-state index >= 15 is 0 Å². The fraction of sp³-hybridized carbons (Fsp3) is 0.174. The van der Waals surface area contributed by atoms with Gasteiger partial charge in [0.25, 0.3) is 15.9 Å². The number of carbonyl (C=O) groups is 1. The summed E-state index contributed by atoms with van der Waals surface area (Å²) >= 11 is 0. The smallest absolute Gasteiger partial charge is 0.262 e. The zero-order valence-electron chi connectivity index (χ0n) is 17.3. The highest BCUT2D eigenvalue weighted by Gasteiger charge is 2.20. The van der Waals surface area contributed by atoms with Gasteiger partial charge in [-0.15, -0.1) is 0 Å². The lowest BCUT2D eigenvalue weighted by atomic mass is 10.1. The van der Waals surface area contributed by atoms with Gasteiger partial charge in [-0.25, -0.2) is 8.42 Å². The van der Waals surface area contributed by atoms with Crippen molar-refractivity contribution in [2.24, 2.45) is 0 Å². The molecule has 2 N–H and O–H groups in total. The van der Waals surface area contributed by atoms with E-state index in [4.69, 9.17) is 4.74 Å². The van der Waals surface area contributed by atoms with Crippen molar-refractivity contribution in [3.8, 4) is 5.75 Å². The number of ether oxygens (including phenoxy) is 1. The van der Waals surface area contributed by atoms with Crippen molar-refractivity contribution >= 4 is 27.3 Å². The first kappa shape index (κ1) is 21.4. The number of anilines is 2. The minimum Gasteiger partial charge on any atom is -0.497 e. The third-order valence-electron chi connectivity index (χ3n) is 4.94. The van der Waals surface area contributed by atoms with Crippen LogP contribution in [0.5, 0.6) is 5.75 Å². The standard InChI is InChI=1S/C23H24N2O4S/c1-15-6-5-7-21(17(15)3)25-30(27,28)22-14-18(9-8-16(22)2)23(26)24-19-10-12-20(29-4)13-11-19/h5-14,25H,1-4H3,(H,24,26). The van der Waals surface area contributed by atoms with Crippen LogP contribution in [-0.4, -0.2) is 21.4 Å². The molecule has 7 heteroatoms. The third kappa shape index (κ3) is 4.63. The van der Waals surface area contributed by atoms with Crippen LogP contribution in [0.1, 0.15) is 27.0 Å². The number of hydrogen-bond donors (Lipinski definition) is 2. The van der Waals surface area contributed by atoms with E-state index in [1.807, 2.05) is 19.9 Å². The Morgan fingerprint density at radius 1 is 0.900 bits per heavy atom. The zero-order chi connectivity index (χ0) is 21.9. The van der Waals surface area contributed by atoms with Crippen molar-refractivity contribution in [1.29, 1.82) is 0 Å². The Morgan fingerprint density at radius 2 is 1.60 bits per heavy atom. The average Bonchev–Trinajstić information content (AvgIpc) is 2.72. The van der Waals surface area contributed by atoms with E-state index in [2.05, 4.69) is 10.0 Å². The normalized spacial score (nSPS) is 11.1. The van der Waals surface area contributed by atoms with E-state index in [1.165, 1.54) is 6.07 Å². The second kappa shape index (κ2) is 8.59. The summed E-state index contributed by atoms with van der Waals surface area (Å²) in [5.74, 6) is 0.276. The molecule has 1 amide bonds. The van der Waals surface area contributed by atoms with Crippen LogP contribution in [-0.2, 0) is 10.0 Å². The molecule has 0 aliphatic carbocycles. The van der Waals surface area contributed by atoms with Gasteiger partial charge in [0.2, 0.25) is 0 Å². The maximum Gasteiger partial charge on any atom is 0.262 e. The molecule has 0 heterocycles. The van der Waals surface area contributed by atoms with E-state index in [9.17, 15) is 13.2 Å². The number of rotatable bonds is 6. The average molecular weight is 425 g/mol. The predicted molar refractivity (Wildman–Crippen MR) is 119 cm³/mol. The maximum absolute atomic E-state index is 13.0. The number of nitrogens with one attached hydrogen (secondary N) is 2. The molecule has 0 aliphatic rings. The fourth-order valence-electron chi connectivity index (χ4n) is 2.97. The van der Waals surface area contributed by atoms with Crippen molar-refractivity contribution in [1.82, 2.24) is 0 Å². The Kier molecular flexibility index (Phi) is 6.12. The highest BCUT2D eigenvalue weighted by molar-refractivity contribution is 7.92. The molecule has 3 rings (SSSR count). The summed E-state index contributed by atoms with van der Waals surface area (Å²) in [6, 6.07) is 16.9. The van der Waals surface area contributed by atoms with Gasteiger partial charge in [-0.3, -0.25) is 9.52 Å². The zero-order valence-corrected chi connectivity index (χ0v) is 18.1. The summed E-state index contributed by atoms with van der Waals surface area (Å²) in [6.45, 7) is 5.48. The highest BCUT2D eigenvalue weighted by Crippen LogP contribution is 2.25. The first-order valence-corrected chi connectivity index (χ1v) is 10.8. The summed E-state index contributed by atoms with van der Waals surface area (Å²) in [7, 11) is -2.30. The molecule has 0 fully saturated rings. The summed E-state index contributed by atoms with van der Waals surface area (Å²) < 4.78 is 33.8. The lowest BCUT2D eigenvalue weighted by Gasteiger charge is -2.14. The van der Waals surface area contributed by atoms with Crippen molar-refractivity contribution in [2.45, 2.75) is 25.7 Å². The van der Waals surface area contributed by atoms with Gasteiger partial charge >= 0.3 is 0 Å². The first-order chi connectivity index (χ1) is 14.2. The van der Waals surface area contributed by atoms with Crippen molar-refractivity contribution in [3.63, 3.8) is 0 Å². The van der Waals surface area contributed by atoms with Crippen LogP contribution < -0.4 is 14.8 Å². The van der Waals surface area contributed by atoms with Crippen LogP contribution >= 0.6 is 0 Å². The molecule has 3 aromatic carbocycles. The molecule has 0 unspecified atom stereocenters. The molecule has 0 saturated heterocycles. The van der Waals surface area contributed by atoms with Gasteiger partial charge in [-0.2, -0.15) is 0 Å². The van der Waals surface area contributed by atoms with Crippen LogP contribution in [0.4, 0.5) is 11.4 Å². The Bertz CT molecular complexity index is 1190. The molecule has 6 nitrogen and oxygen atoms in total. The third-order valence-corrected chi connectivity index (χ3v) is 6.44. The van der Waals surface area contributed by atoms with E-state index in [0.29, 0.717) is 22.7 Å². The highest BCUT2D eigenvalue weighted by atomic mass is 32.2. The Morgan fingerprint density at radius 3 is 2.27 bits per heavy atom. The second-order valence-electron chi connectivity index (χ2n) is 7.02. The van der Waals surface area contributed by atoms with E-state index < -0.39 is 15.9 Å².